The Labute approximate surface area is 129 Å². The molecule has 2 rings (SSSR count). The van der Waals surface area contributed by atoms with Crippen molar-refractivity contribution < 1.29 is 9.18 Å². The number of allylic oxidation sites excluding steroid dienone is 4. The summed E-state index contributed by atoms with van der Waals surface area (Å²) >= 11 is 1.49. The monoisotopic (exact) mass is 303 g/mol. The Kier molecular flexibility index (Phi) is 4.68. The molecular weight excluding hydrogens is 285 g/mol. The van der Waals surface area contributed by atoms with Crippen molar-refractivity contribution in [1.82, 2.24) is 4.90 Å². The number of benzene rings is 1. The maximum Gasteiger partial charge on any atom is 0.168 e. The first-order chi connectivity index (χ1) is 9.93. The lowest BCUT2D eigenvalue weighted by Gasteiger charge is -2.17. The standard InChI is InChI=1S/C17H18FNOS/c1-5-16-19(12(3)17(21-16)13(4)20)10-11(2)14-6-8-15(18)9-7-14/h5-10H,1-4H3/b11-10+,16-5?. The molecule has 1 aliphatic heterocycles. The van der Waals surface area contributed by atoms with E-state index in [2.05, 4.69) is 0 Å². The fourth-order valence-electron chi connectivity index (χ4n) is 2.17. The molecule has 1 aliphatic rings. The molecule has 0 fully saturated rings. The molecule has 110 valence electrons. The van der Waals surface area contributed by atoms with Crippen LogP contribution in [-0.2, 0) is 4.79 Å². The predicted octanol–water partition coefficient (Wildman–Crippen LogP) is 4.92. The third kappa shape index (κ3) is 3.27. The number of halogens is 1. The van der Waals surface area contributed by atoms with Crippen molar-refractivity contribution in [2.75, 3.05) is 0 Å². The number of hydrogen-bond donors (Lipinski definition) is 0. The van der Waals surface area contributed by atoms with E-state index in [9.17, 15) is 9.18 Å². The van der Waals surface area contributed by atoms with Crippen LogP contribution in [-0.4, -0.2) is 10.7 Å². The van der Waals surface area contributed by atoms with Crippen LogP contribution in [0.15, 0.2) is 52.2 Å². The van der Waals surface area contributed by atoms with Gasteiger partial charge in [0.1, 0.15) is 5.82 Å². The van der Waals surface area contributed by atoms with Gasteiger partial charge in [0.05, 0.1) is 9.93 Å². The van der Waals surface area contributed by atoms with E-state index < -0.39 is 0 Å². The van der Waals surface area contributed by atoms with Crippen LogP contribution in [0.25, 0.3) is 5.57 Å². The van der Waals surface area contributed by atoms with Crippen molar-refractivity contribution in [1.29, 1.82) is 0 Å². The zero-order valence-electron chi connectivity index (χ0n) is 12.6. The zero-order valence-corrected chi connectivity index (χ0v) is 13.4. The van der Waals surface area contributed by atoms with Gasteiger partial charge in [0.25, 0.3) is 0 Å². The fraction of sp³-hybridized carbons (Fsp3) is 0.235. The average molecular weight is 303 g/mol. The third-order valence-electron chi connectivity index (χ3n) is 3.32. The first-order valence-electron chi connectivity index (χ1n) is 6.73. The minimum Gasteiger partial charge on any atom is -0.314 e. The molecule has 0 saturated carbocycles. The van der Waals surface area contributed by atoms with Gasteiger partial charge in [0, 0.05) is 11.9 Å². The second-order valence-electron chi connectivity index (χ2n) is 4.89. The van der Waals surface area contributed by atoms with E-state index >= 15 is 0 Å². The molecule has 0 spiro atoms. The molecular formula is C17H18FNOS. The van der Waals surface area contributed by atoms with E-state index in [1.807, 2.05) is 37.9 Å². The van der Waals surface area contributed by atoms with Crippen molar-refractivity contribution in [2.24, 2.45) is 0 Å². The van der Waals surface area contributed by atoms with Crippen LogP contribution < -0.4 is 0 Å². The number of ketones is 1. The molecule has 0 saturated heterocycles. The van der Waals surface area contributed by atoms with E-state index in [0.29, 0.717) is 0 Å². The summed E-state index contributed by atoms with van der Waals surface area (Å²) in [5.41, 5.74) is 2.90. The Bertz CT molecular complexity index is 656. The van der Waals surface area contributed by atoms with Gasteiger partial charge in [0.2, 0.25) is 0 Å². The molecule has 1 aromatic carbocycles. The fourth-order valence-corrected chi connectivity index (χ4v) is 3.17. The molecule has 1 aromatic rings. The van der Waals surface area contributed by atoms with Crippen molar-refractivity contribution in [3.8, 4) is 0 Å². The minimum absolute atomic E-state index is 0.0761. The number of rotatable bonds is 3. The first-order valence-corrected chi connectivity index (χ1v) is 7.55. The topological polar surface area (TPSA) is 20.3 Å². The highest BCUT2D eigenvalue weighted by Crippen LogP contribution is 2.42. The average Bonchev–Trinajstić information content (AvgIpc) is 2.76. The van der Waals surface area contributed by atoms with Crippen LogP contribution in [0.2, 0.25) is 0 Å². The van der Waals surface area contributed by atoms with Gasteiger partial charge in [0.15, 0.2) is 5.78 Å². The Balaban J connectivity index is 2.37. The molecule has 0 bridgehead atoms. The molecule has 4 heteroatoms. The van der Waals surface area contributed by atoms with E-state index in [1.165, 1.54) is 23.9 Å². The van der Waals surface area contributed by atoms with E-state index in [-0.39, 0.29) is 11.6 Å². The summed E-state index contributed by atoms with van der Waals surface area (Å²) in [6, 6.07) is 6.41. The summed E-state index contributed by atoms with van der Waals surface area (Å²) in [6.07, 6.45) is 3.97. The number of Topliss-reactive ketones (excluding diaryl/α,β-unsaturated/α-hetero) is 1. The van der Waals surface area contributed by atoms with Gasteiger partial charge >= 0.3 is 0 Å². The van der Waals surface area contributed by atoms with Crippen LogP contribution in [0, 0.1) is 5.82 Å². The molecule has 1 heterocycles. The second-order valence-corrected chi connectivity index (χ2v) is 5.92. The molecule has 0 aromatic heterocycles. The van der Waals surface area contributed by atoms with Crippen LogP contribution in [0.4, 0.5) is 4.39 Å². The molecule has 0 amide bonds. The van der Waals surface area contributed by atoms with Gasteiger partial charge in [-0.3, -0.25) is 4.79 Å². The van der Waals surface area contributed by atoms with Crippen molar-refractivity contribution in [3.63, 3.8) is 0 Å². The largest absolute Gasteiger partial charge is 0.314 e. The summed E-state index contributed by atoms with van der Waals surface area (Å²) in [4.78, 5) is 14.4. The predicted molar refractivity (Wildman–Crippen MR) is 86.6 cm³/mol. The van der Waals surface area contributed by atoms with E-state index in [1.54, 1.807) is 19.1 Å². The lowest BCUT2D eigenvalue weighted by atomic mass is 10.1. The highest BCUT2D eigenvalue weighted by atomic mass is 32.2. The summed E-state index contributed by atoms with van der Waals surface area (Å²) in [7, 11) is 0. The summed E-state index contributed by atoms with van der Waals surface area (Å²) < 4.78 is 13.0. The molecule has 2 nitrogen and oxygen atoms in total. The Hall–Kier alpha value is -1.81. The molecule has 0 unspecified atom stereocenters. The number of thioether (sulfide) groups is 1. The second kappa shape index (κ2) is 6.31. The smallest absolute Gasteiger partial charge is 0.168 e. The Morgan fingerprint density at radius 2 is 1.86 bits per heavy atom. The maximum absolute atomic E-state index is 13.0. The molecule has 0 radical (unpaired) electrons. The lowest BCUT2D eigenvalue weighted by Crippen LogP contribution is -2.09. The quantitative estimate of drug-likeness (QED) is 0.790. The first kappa shape index (κ1) is 15.6. The Morgan fingerprint density at radius 1 is 1.24 bits per heavy atom. The van der Waals surface area contributed by atoms with Crippen LogP contribution in [0.3, 0.4) is 0 Å². The lowest BCUT2D eigenvalue weighted by molar-refractivity contribution is -0.113. The summed E-state index contributed by atoms with van der Waals surface area (Å²) in [6.45, 7) is 7.45. The van der Waals surface area contributed by atoms with Gasteiger partial charge in [-0.25, -0.2) is 4.39 Å². The summed E-state index contributed by atoms with van der Waals surface area (Å²) in [5, 5.41) is 1.01. The van der Waals surface area contributed by atoms with Crippen LogP contribution >= 0.6 is 11.8 Å². The van der Waals surface area contributed by atoms with Crippen molar-refractivity contribution in [3.05, 3.63) is 63.6 Å². The normalized spacial score (nSPS) is 17.9. The van der Waals surface area contributed by atoms with E-state index in [0.717, 1.165) is 26.8 Å². The molecule has 21 heavy (non-hydrogen) atoms. The third-order valence-corrected chi connectivity index (χ3v) is 4.75. The van der Waals surface area contributed by atoms with Crippen LogP contribution in [0.1, 0.15) is 33.3 Å². The number of carbonyl (C=O) groups excluding carboxylic acids is 1. The van der Waals surface area contributed by atoms with Crippen molar-refractivity contribution >= 4 is 23.1 Å². The van der Waals surface area contributed by atoms with Crippen molar-refractivity contribution in [2.45, 2.75) is 27.7 Å². The number of nitrogens with zero attached hydrogens (tertiary/aromatic N) is 1. The van der Waals surface area contributed by atoms with Crippen LogP contribution in [0.5, 0.6) is 0 Å². The maximum atomic E-state index is 13.0. The number of carbonyl (C=O) groups is 1. The highest BCUT2D eigenvalue weighted by molar-refractivity contribution is 8.07. The minimum atomic E-state index is -0.243. The SMILES string of the molecule is CC=C1SC(C(C)=O)=C(C)N1/C=C(\C)c1ccc(F)cc1. The zero-order chi connectivity index (χ0) is 15.6. The van der Waals surface area contributed by atoms with E-state index in [4.69, 9.17) is 0 Å². The summed E-state index contributed by atoms with van der Waals surface area (Å²) in [5.74, 6) is -0.167. The van der Waals surface area contributed by atoms with Gasteiger partial charge in [-0.1, -0.05) is 30.0 Å². The highest BCUT2D eigenvalue weighted by Gasteiger charge is 2.26. The number of hydrogen-bond acceptors (Lipinski definition) is 3. The molecule has 0 aliphatic carbocycles. The molecule has 0 atom stereocenters. The Morgan fingerprint density at radius 3 is 2.38 bits per heavy atom. The van der Waals surface area contributed by atoms with Gasteiger partial charge < -0.3 is 4.90 Å². The van der Waals surface area contributed by atoms with Gasteiger partial charge in [-0.15, -0.1) is 0 Å². The molecule has 0 N–H and O–H groups in total. The van der Waals surface area contributed by atoms with Gasteiger partial charge in [-0.05, 0) is 51.0 Å². The van der Waals surface area contributed by atoms with Gasteiger partial charge in [-0.2, -0.15) is 0 Å².